The lowest BCUT2D eigenvalue weighted by Crippen LogP contribution is -2.43. The van der Waals surface area contributed by atoms with Crippen molar-refractivity contribution in [3.05, 3.63) is 0 Å². The smallest absolute Gasteiger partial charge is 0.243 e. The van der Waals surface area contributed by atoms with Crippen molar-refractivity contribution in [2.75, 3.05) is 40.4 Å². The summed E-state index contributed by atoms with van der Waals surface area (Å²) in [5, 5.41) is 6.51. The van der Waals surface area contributed by atoms with Gasteiger partial charge in [-0.1, -0.05) is 6.92 Å². The summed E-state index contributed by atoms with van der Waals surface area (Å²) in [4.78, 5) is 17.4. The molecule has 0 aliphatic rings. The van der Waals surface area contributed by atoms with E-state index in [0.29, 0.717) is 12.0 Å². The molecule has 6 heteroatoms. The normalized spacial score (nSPS) is 12.9. The molecule has 20 heavy (non-hydrogen) atoms. The van der Waals surface area contributed by atoms with Gasteiger partial charge in [0.25, 0.3) is 0 Å². The van der Waals surface area contributed by atoms with Crippen molar-refractivity contribution in [1.82, 2.24) is 15.5 Å². The van der Waals surface area contributed by atoms with Crippen LogP contribution in [0.4, 0.5) is 0 Å². The summed E-state index contributed by atoms with van der Waals surface area (Å²) in [5.74, 6) is 0.676. The molecular formula is C14H30N4O2. The average molecular weight is 286 g/mol. The lowest BCUT2D eigenvalue weighted by atomic mass is 10.3. The molecule has 0 heterocycles. The number of nitrogens with zero attached hydrogens (tertiary/aromatic N) is 2. The minimum atomic E-state index is -0.00966. The molecule has 1 atom stereocenters. The zero-order valence-corrected chi connectivity index (χ0v) is 13.5. The monoisotopic (exact) mass is 286 g/mol. The molecule has 1 amide bonds. The number of carbonyl (C=O) groups is 1. The highest BCUT2D eigenvalue weighted by molar-refractivity contribution is 5.84. The summed E-state index contributed by atoms with van der Waals surface area (Å²) in [6, 6.07) is 0.322. The summed E-state index contributed by atoms with van der Waals surface area (Å²) in [6.07, 6.45) is 1.91. The highest BCUT2D eigenvalue weighted by atomic mass is 16.5. The van der Waals surface area contributed by atoms with Crippen LogP contribution in [0.2, 0.25) is 0 Å². The SMILES string of the molecule is CCOCCCNC(=NCC(=O)N(C)C)NC(C)CC. The Bertz CT molecular complexity index is 293. The van der Waals surface area contributed by atoms with Crippen LogP contribution in [0.5, 0.6) is 0 Å². The van der Waals surface area contributed by atoms with E-state index in [1.807, 2.05) is 6.92 Å². The Morgan fingerprint density at radius 1 is 1.35 bits per heavy atom. The van der Waals surface area contributed by atoms with Gasteiger partial charge < -0.3 is 20.3 Å². The first-order valence-electron chi connectivity index (χ1n) is 7.33. The summed E-state index contributed by atoms with van der Waals surface area (Å²) >= 11 is 0. The highest BCUT2D eigenvalue weighted by Crippen LogP contribution is 1.89. The third kappa shape index (κ3) is 9.61. The molecule has 0 spiro atoms. The van der Waals surface area contributed by atoms with Gasteiger partial charge >= 0.3 is 0 Å². The quantitative estimate of drug-likeness (QED) is 0.374. The average Bonchev–Trinajstić information content (AvgIpc) is 2.43. The topological polar surface area (TPSA) is 66.0 Å². The van der Waals surface area contributed by atoms with E-state index in [4.69, 9.17) is 4.74 Å². The maximum atomic E-state index is 11.6. The van der Waals surface area contributed by atoms with Gasteiger partial charge in [-0.25, -0.2) is 4.99 Å². The number of nitrogens with one attached hydrogen (secondary N) is 2. The van der Waals surface area contributed by atoms with Gasteiger partial charge in [-0.05, 0) is 26.7 Å². The van der Waals surface area contributed by atoms with Crippen molar-refractivity contribution in [2.24, 2.45) is 4.99 Å². The molecular weight excluding hydrogens is 256 g/mol. The largest absolute Gasteiger partial charge is 0.382 e. The number of ether oxygens (including phenoxy) is 1. The minimum Gasteiger partial charge on any atom is -0.382 e. The molecule has 0 rings (SSSR count). The van der Waals surface area contributed by atoms with Gasteiger partial charge in [-0.3, -0.25) is 4.79 Å². The second kappa shape index (κ2) is 11.5. The first kappa shape index (κ1) is 18.7. The van der Waals surface area contributed by atoms with Crippen LogP contribution >= 0.6 is 0 Å². The van der Waals surface area contributed by atoms with Crippen molar-refractivity contribution < 1.29 is 9.53 Å². The molecule has 0 aliphatic carbocycles. The Kier molecular flexibility index (Phi) is 10.8. The predicted molar refractivity (Wildman–Crippen MR) is 83.0 cm³/mol. The number of likely N-dealkylation sites (N-methyl/N-ethyl adjacent to an activating group) is 1. The van der Waals surface area contributed by atoms with Gasteiger partial charge in [0.05, 0.1) is 0 Å². The number of guanidine groups is 1. The molecule has 0 aromatic rings. The highest BCUT2D eigenvalue weighted by Gasteiger charge is 2.06. The first-order valence-corrected chi connectivity index (χ1v) is 7.33. The number of rotatable bonds is 9. The lowest BCUT2D eigenvalue weighted by molar-refractivity contribution is -0.127. The van der Waals surface area contributed by atoms with E-state index in [-0.39, 0.29) is 12.5 Å². The predicted octanol–water partition coefficient (Wildman–Crippen LogP) is 0.835. The molecule has 0 aromatic heterocycles. The van der Waals surface area contributed by atoms with Crippen LogP contribution in [0.1, 0.15) is 33.6 Å². The van der Waals surface area contributed by atoms with E-state index in [2.05, 4.69) is 29.5 Å². The zero-order valence-electron chi connectivity index (χ0n) is 13.5. The molecule has 0 fully saturated rings. The molecule has 118 valence electrons. The van der Waals surface area contributed by atoms with Crippen LogP contribution in [0.3, 0.4) is 0 Å². The molecule has 0 aromatic carbocycles. The second-order valence-corrected chi connectivity index (χ2v) is 4.88. The number of amides is 1. The standard InChI is InChI=1S/C14H30N4O2/c1-6-12(3)17-14(15-9-8-10-20-7-2)16-11-13(19)18(4)5/h12H,6-11H2,1-5H3,(H2,15,16,17). The molecule has 0 radical (unpaired) electrons. The molecule has 0 saturated heterocycles. The molecule has 1 unspecified atom stereocenters. The van der Waals surface area contributed by atoms with Gasteiger partial charge in [-0.15, -0.1) is 0 Å². The third-order valence-corrected chi connectivity index (χ3v) is 2.83. The van der Waals surface area contributed by atoms with Gasteiger partial charge in [-0.2, -0.15) is 0 Å². The van der Waals surface area contributed by atoms with Crippen LogP contribution in [-0.4, -0.2) is 63.2 Å². The number of aliphatic imine (C=N–C) groups is 1. The Labute approximate surface area is 123 Å². The van der Waals surface area contributed by atoms with E-state index in [1.54, 1.807) is 19.0 Å². The van der Waals surface area contributed by atoms with Crippen LogP contribution in [0, 0.1) is 0 Å². The molecule has 0 bridgehead atoms. The van der Waals surface area contributed by atoms with Crippen molar-refractivity contribution in [3.8, 4) is 0 Å². The fourth-order valence-electron chi connectivity index (χ4n) is 1.30. The van der Waals surface area contributed by atoms with Crippen LogP contribution in [0.15, 0.2) is 4.99 Å². The second-order valence-electron chi connectivity index (χ2n) is 4.88. The fraction of sp³-hybridized carbons (Fsp3) is 0.857. The summed E-state index contributed by atoms with van der Waals surface area (Å²) in [7, 11) is 3.46. The Hall–Kier alpha value is -1.30. The maximum Gasteiger partial charge on any atom is 0.243 e. The first-order chi connectivity index (χ1) is 9.51. The molecule has 6 nitrogen and oxygen atoms in total. The summed E-state index contributed by atoms with van der Waals surface area (Å²) in [5.41, 5.74) is 0. The van der Waals surface area contributed by atoms with E-state index < -0.39 is 0 Å². The van der Waals surface area contributed by atoms with Crippen molar-refractivity contribution in [2.45, 2.75) is 39.7 Å². The summed E-state index contributed by atoms with van der Waals surface area (Å²) in [6.45, 7) is 8.58. The van der Waals surface area contributed by atoms with Crippen molar-refractivity contribution >= 4 is 11.9 Å². The van der Waals surface area contributed by atoms with Crippen molar-refractivity contribution in [1.29, 1.82) is 0 Å². The van der Waals surface area contributed by atoms with E-state index in [1.165, 1.54) is 0 Å². The lowest BCUT2D eigenvalue weighted by Gasteiger charge is -2.17. The molecule has 0 aliphatic heterocycles. The zero-order chi connectivity index (χ0) is 15.4. The van der Waals surface area contributed by atoms with E-state index in [0.717, 1.165) is 32.6 Å². The van der Waals surface area contributed by atoms with Crippen molar-refractivity contribution in [3.63, 3.8) is 0 Å². The molecule has 0 saturated carbocycles. The van der Waals surface area contributed by atoms with Crippen LogP contribution < -0.4 is 10.6 Å². The molecule has 2 N–H and O–H groups in total. The van der Waals surface area contributed by atoms with Crippen LogP contribution in [-0.2, 0) is 9.53 Å². The minimum absolute atomic E-state index is 0.00966. The Morgan fingerprint density at radius 2 is 2.05 bits per heavy atom. The third-order valence-electron chi connectivity index (χ3n) is 2.83. The number of hydrogen-bond acceptors (Lipinski definition) is 3. The number of hydrogen-bond donors (Lipinski definition) is 2. The van der Waals surface area contributed by atoms with Gasteiger partial charge in [0.15, 0.2) is 5.96 Å². The van der Waals surface area contributed by atoms with E-state index in [9.17, 15) is 4.79 Å². The summed E-state index contributed by atoms with van der Waals surface area (Å²) < 4.78 is 5.29. The van der Waals surface area contributed by atoms with Gasteiger partial charge in [0, 0.05) is 39.9 Å². The Morgan fingerprint density at radius 3 is 2.60 bits per heavy atom. The van der Waals surface area contributed by atoms with Gasteiger partial charge in [0.2, 0.25) is 5.91 Å². The maximum absolute atomic E-state index is 11.6. The van der Waals surface area contributed by atoms with E-state index >= 15 is 0 Å². The number of carbonyl (C=O) groups excluding carboxylic acids is 1. The van der Waals surface area contributed by atoms with Gasteiger partial charge in [0.1, 0.15) is 6.54 Å². The Balaban J connectivity index is 4.25. The fourth-order valence-corrected chi connectivity index (χ4v) is 1.30. The van der Waals surface area contributed by atoms with Crippen LogP contribution in [0.25, 0.3) is 0 Å².